The monoisotopic (exact) mass is 483 g/mol. The zero-order valence-electron chi connectivity index (χ0n) is 19.5. The number of carbonyl (C=O) groups is 1. The quantitative estimate of drug-likeness (QED) is 0.602. The Bertz CT molecular complexity index is 1380. The molecule has 2 aromatic heterocycles. The van der Waals surface area contributed by atoms with Crippen LogP contribution in [0.15, 0.2) is 29.2 Å². The highest BCUT2D eigenvalue weighted by Crippen LogP contribution is 2.50. The number of hydrogen-bond acceptors (Lipinski definition) is 7. The molecule has 1 aromatic carbocycles. The van der Waals surface area contributed by atoms with E-state index in [1.807, 2.05) is 20.8 Å². The fourth-order valence-electron chi connectivity index (χ4n) is 5.12. The van der Waals surface area contributed by atoms with E-state index < -0.39 is 22.2 Å². The Morgan fingerprint density at radius 2 is 2.06 bits per heavy atom. The molecule has 5 rings (SSSR count). The van der Waals surface area contributed by atoms with Gasteiger partial charge in [0.2, 0.25) is 5.43 Å². The number of benzene rings is 1. The Morgan fingerprint density at radius 3 is 2.74 bits per heavy atom. The lowest BCUT2D eigenvalue weighted by Gasteiger charge is -2.47. The zero-order chi connectivity index (χ0) is 24.4. The second-order valence-electron chi connectivity index (χ2n) is 10.0. The van der Waals surface area contributed by atoms with Crippen molar-refractivity contribution >= 4 is 17.1 Å². The Labute approximate surface area is 200 Å². The molecular weight excluding hydrogens is 457 g/mol. The predicted octanol–water partition coefficient (Wildman–Crippen LogP) is 4.13. The molecule has 3 aromatic rings. The van der Waals surface area contributed by atoms with Crippen LogP contribution in [0, 0.1) is 24.1 Å². The number of nitrogens with zero attached hydrogens (tertiary/aromatic N) is 3. The van der Waals surface area contributed by atoms with Gasteiger partial charge in [0.05, 0.1) is 29.7 Å². The fraction of sp³-hybridized carbons (Fsp3) is 0.440. The lowest BCUT2D eigenvalue weighted by molar-refractivity contribution is -0.0877. The first-order valence-electron chi connectivity index (χ1n) is 11.3. The largest absolute Gasteiger partial charge is 0.503 e. The minimum Gasteiger partial charge on any atom is -0.503 e. The van der Waals surface area contributed by atoms with E-state index in [0.717, 1.165) is 11.1 Å². The highest BCUT2D eigenvalue weighted by Gasteiger charge is 2.58. The molecule has 0 bridgehead atoms. The predicted molar refractivity (Wildman–Crippen MR) is 126 cm³/mol. The van der Waals surface area contributed by atoms with Crippen molar-refractivity contribution in [1.29, 1.82) is 0 Å². The van der Waals surface area contributed by atoms with Gasteiger partial charge in [-0.05, 0) is 56.4 Å². The summed E-state index contributed by atoms with van der Waals surface area (Å²) in [6, 6.07) is 4.57. The SMILES string of the molecule is Cc1cc(F)ccc1Cc1nnc(-c2cn3c(c(O)c2=O)C(=O)C(C)(C)C2(CC(C)CO2)C3)s1. The lowest BCUT2D eigenvalue weighted by atomic mass is 9.66. The maximum absolute atomic E-state index is 13.4. The number of aromatic nitrogens is 3. The molecule has 2 aliphatic heterocycles. The second kappa shape index (κ2) is 7.81. The van der Waals surface area contributed by atoms with E-state index in [1.54, 1.807) is 16.8 Å². The van der Waals surface area contributed by atoms with Crippen LogP contribution in [0.1, 0.15) is 53.8 Å². The van der Waals surface area contributed by atoms with Crippen molar-refractivity contribution in [3.05, 3.63) is 62.3 Å². The maximum atomic E-state index is 13.4. The van der Waals surface area contributed by atoms with Crippen molar-refractivity contribution in [2.24, 2.45) is 11.3 Å². The standard InChI is InChI=1S/C25H26FN3O4S/c1-13-9-25(33-11-13)12-29-10-17(20(30)21(31)19(29)22(32)24(25,3)4)23-28-27-18(34-23)8-15-5-6-16(26)7-14(15)2/h5-7,10,13,31H,8-9,11-12H2,1-4H3. The Kier molecular flexibility index (Phi) is 5.25. The fourth-order valence-corrected chi connectivity index (χ4v) is 5.99. The van der Waals surface area contributed by atoms with Crippen molar-refractivity contribution in [2.75, 3.05) is 6.61 Å². The van der Waals surface area contributed by atoms with Gasteiger partial charge in [-0.1, -0.05) is 24.3 Å². The number of hydrogen-bond donors (Lipinski definition) is 1. The molecule has 2 atom stereocenters. The van der Waals surface area contributed by atoms with E-state index in [1.165, 1.54) is 23.5 Å². The van der Waals surface area contributed by atoms with Crippen molar-refractivity contribution in [1.82, 2.24) is 14.8 Å². The van der Waals surface area contributed by atoms with Gasteiger partial charge in [-0.15, -0.1) is 10.2 Å². The van der Waals surface area contributed by atoms with Crippen LogP contribution in [0.25, 0.3) is 10.6 Å². The third-order valence-corrected chi connectivity index (χ3v) is 8.23. The normalized spacial score (nSPS) is 23.4. The van der Waals surface area contributed by atoms with Gasteiger partial charge >= 0.3 is 0 Å². The summed E-state index contributed by atoms with van der Waals surface area (Å²) in [5, 5.41) is 20.2. The first-order chi connectivity index (χ1) is 16.0. The number of pyridine rings is 1. The van der Waals surface area contributed by atoms with E-state index >= 15 is 0 Å². The van der Waals surface area contributed by atoms with Crippen LogP contribution in [0.2, 0.25) is 0 Å². The first kappa shape index (κ1) is 22.9. The summed E-state index contributed by atoms with van der Waals surface area (Å²) < 4.78 is 21.3. The van der Waals surface area contributed by atoms with E-state index in [2.05, 4.69) is 17.1 Å². The van der Waals surface area contributed by atoms with Crippen LogP contribution in [-0.2, 0) is 17.7 Å². The van der Waals surface area contributed by atoms with E-state index in [9.17, 15) is 19.1 Å². The van der Waals surface area contributed by atoms with E-state index in [0.29, 0.717) is 41.9 Å². The number of halogens is 1. The van der Waals surface area contributed by atoms with Crippen LogP contribution in [0.5, 0.6) is 5.75 Å². The lowest BCUT2D eigenvalue weighted by Crippen LogP contribution is -2.56. The molecule has 0 aliphatic carbocycles. The number of aryl methyl sites for hydroxylation is 1. The Morgan fingerprint density at radius 1 is 1.29 bits per heavy atom. The summed E-state index contributed by atoms with van der Waals surface area (Å²) in [5.41, 5.74) is -0.313. The Hall–Kier alpha value is -2.91. The Balaban J connectivity index is 1.55. The summed E-state index contributed by atoms with van der Waals surface area (Å²) in [7, 11) is 0. The molecule has 178 valence electrons. The summed E-state index contributed by atoms with van der Waals surface area (Å²) in [6.45, 7) is 8.48. The molecule has 0 radical (unpaired) electrons. The van der Waals surface area contributed by atoms with Crippen molar-refractivity contribution < 1.29 is 19.0 Å². The molecule has 1 fully saturated rings. The summed E-state index contributed by atoms with van der Waals surface area (Å²) in [4.78, 5) is 26.5. The van der Waals surface area contributed by atoms with Crippen LogP contribution >= 0.6 is 11.3 Å². The molecule has 1 saturated heterocycles. The molecule has 9 heteroatoms. The molecule has 1 N–H and O–H groups in total. The van der Waals surface area contributed by atoms with Crippen LogP contribution in [0.4, 0.5) is 4.39 Å². The topological polar surface area (TPSA) is 94.3 Å². The van der Waals surface area contributed by atoms with Crippen LogP contribution < -0.4 is 5.43 Å². The molecule has 1 spiro atoms. The van der Waals surface area contributed by atoms with Crippen molar-refractivity contribution in [3.63, 3.8) is 0 Å². The molecule has 2 unspecified atom stereocenters. The average molecular weight is 484 g/mol. The number of ether oxygens (including phenoxy) is 1. The maximum Gasteiger partial charge on any atom is 0.234 e. The number of aromatic hydroxyl groups is 1. The van der Waals surface area contributed by atoms with E-state index in [4.69, 9.17) is 4.74 Å². The third kappa shape index (κ3) is 3.41. The number of ketones is 1. The van der Waals surface area contributed by atoms with Gasteiger partial charge in [-0.25, -0.2) is 4.39 Å². The number of fused-ring (bicyclic) bond motifs is 1. The molecular formula is C25H26FN3O4S. The smallest absolute Gasteiger partial charge is 0.234 e. The van der Waals surface area contributed by atoms with E-state index in [-0.39, 0.29) is 22.9 Å². The molecule has 0 amide bonds. The number of Topliss-reactive ketones (excluding diaryl/α,β-unsaturated/α-hetero) is 1. The van der Waals surface area contributed by atoms with Gasteiger partial charge in [-0.3, -0.25) is 9.59 Å². The molecule has 0 saturated carbocycles. The molecule has 7 nitrogen and oxygen atoms in total. The zero-order valence-corrected chi connectivity index (χ0v) is 20.3. The minimum absolute atomic E-state index is 0.0132. The number of carbonyl (C=O) groups excluding carboxylic acids is 1. The summed E-state index contributed by atoms with van der Waals surface area (Å²) in [6.07, 6.45) is 2.75. The van der Waals surface area contributed by atoms with Gasteiger partial charge < -0.3 is 14.4 Å². The van der Waals surface area contributed by atoms with Gasteiger partial charge in [0.25, 0.3) is 0 Å². The molecule has 2 aliphatic rings. The summed E-state index contributed by atoms with van der Waals surface area (Å²) >= 11 is 1.24. The van der Waals surface area contributed by atoms with Crippen molar-refractivity contribution in [2.45, 2.75) is 52.7 Å². The first-order valence-corrected chi connectivity index (χ1v) is 12.1. The van der Waals surface area contributed by atoms with Crippen LogP contribution in [0.3, 0.4) is 0 Å². The summed E-state index contributed by atoms with van der Waals surface area (Å²) in [5.74, 6) is -0.865. The molecule has 34 heavy (non-hydrogen) atoms. The second-order valence-corrected chi connectivity index (χ2v) is 11.1. The third-order valence-electron chi connectivity index (χ3n) is 7.27. The minimum atomic E-state index is -0.883. The van der Waals surface area contributed by atoms with Gasteiger partial charge in [0.1, 0.15) is 16.5 Å². The number of rotatable bonds is 3. The molecule has 4 heterocycles. The van der Waals surface area contributed by atoms with Gasteiger partial charge in [0, 0.05) is 12.6 Å². The highest BCUT2D eigenvalue weighted by atomic mass is 32.1. The average Bonchev–Trinajstić information content (AvgIpc) is 3.39. The van der Waals surface area contributed by atoms with Crippen molar-refractivity contribution in [3.8, 4) is 16.3 Å². The highest BCUT2D eigenvalue weighted by molar-refractivity contribution is 7.14. The van der Waals surface area contributed by atoms with Gasteiger partial charge in [0.15, 0.2) is 16.5 Å². The van der Waals surface area contributed by atoms with Gasteiger partial charge in [-0.2, -0.15) is 0 Å². The van der Waals surface area contributed by atoms with Crippen LogP contribution in [-0.4, -0.2) is 37.9 Å².